The molecule has 0 aliphatic carbocycles. The second kappa shape index (κ2) is 7.15. The van der Waals surface area contributed by atoms with Gasteiger partial charge in [-0.3, -0.25) is 4.21 Å². The predicted molar refractivity (Wildman–Crippen MR) is 74.2 cm³/mol. The van der Waals surface area contributed by atoms with Crippen LogP contribution >= 0.6 is 0 Å². The first-order valence-corrected chi connectivity index (χ1v) is 7.47. The smallest absolute Gasteiger partial charge is 0.242 e. The average molecular weight is 272 g/mol. The van der Waals surface area contributed by atoms with Gasteiger partial charge in [0.1, 0.15) is 12.0 Å². The van der Waals surface area contributed by atoms with Crippen LogP contribution in [0.1, 0.15) is 20.3 Å². The first-order valence-electron chi connectivity index (χ1n) is 5.85. The molecule has 0 amide bonds. The van der Waals surface area contributed by atoms with E-state index in [1.54, 1.807) is 6.26 Å². The zero-order chi connectivity index (χ0) is 13.5. The molecule has 0 aliphatic heterocycles. The van der Waals surface area contributed by atoms with Crippen molar-refractivity contribution in [3.05, 3.63) is 6.33 Å². The molecule has 18 heavy (non-hydrogen) atoms. The predicted octanol–water partition coefficient (Wildman–Crippen LogP) is 1.03. The van der Waals surface area contributed by atoms with Gasteiger partial charge in [-0.05, 0) is 13.3 Å². The third-order valence-corrected chi connectivity index (χ3v) is 3.91. The lowest BCUT2D eigenvalue weighted by molar-refractivity contribution is 0.328. The zero-order valence-electron chi connectivity index (χ0n) is 11.0. The minimum atomic E-state index is -0.810. The number of nitrogens with zero attached hydrogens (tertiary/aromatic N) is 2. The van der Waals surface area contributed by atoms with Crippen LogP contribution in [0.25, 0.3) is 0 Å². The quantitative estimate of drug-likeness (QED) is 0.770. The van der Waals surface area contributed by atoms with Gasteiger partial charge in [-0.25, -0.2) is 4.98 Å². The van der Waals surface area contributed by atoms with Gasteiger partial charge < -0.3 is 15.8 Å². The van der Waals surface area contributed by atoms with Crippen LogP contribution in [0.3, 0.4) is 0 Å². The molecule has 7 heteroatoms. The van der Waals surface area contributed by atoms with E-state index >= 15 is 0 Å². The van der Waals surface area contributed by atoms with Gasteiger partial charge in [0.25, 0.3) is 0 Å². The Hall–Kier alpha value is -1.37. The number of aromatic nitrogens is 2. The zero-order valence-corrected chi connectivity index (χ0v) is 11.8. The highest BCUT2D eigenvalue weighted by molar-refractivity contribution is 7.84. The highest BCUT2D eigenvalue weighted by Crippen LogP contribution is 2.24. The van der Waals surface area contributed by atoms with Crippen molar-refractivity contribution < 1.29 is 8.95 Å². The molecular weight excluding hydrogens is 252 g/mol. The van der Waals surface area contributed by atoms with Crippen molar-refractivity contribution in [1.29, 1.82) is 0 Å². The van der Waals surface area contributed by atoms with Gasteiger partial charge >= 0.3 is 0 Å². The van der Waals surface area contributed by atoms with E-state index in [2.05, 4.69) is 15.3 Å². The maximum atomic E-state index is 11.2. The second-order valence-corrected chi connectivity index (χ2v) is 5.70. The number of nitrogen functional groups attached to an aromatic ring is 1. The Morgan fingerprint density at radius 1 is 1.56 bits per heavy atom. The summed E-state index contributed by atoms with van der Waals surface area (Å²) in [7, 11) is -0.810. The SMILES string of the molecule is CCOc1ncnc(NCCC(C)S(C)=O)c1N. The van der Waals surface area contributed by atoms with Gasteiger partial charge in [-0.1, -0.05) is 6.92 Å². The summed E-state index contributed by atoms with van der Waals surface area (Å²) < 4.78 is 16.5. The lowest BCUT2D eigenvalue weighted by Gasteiger charge is -2.12. The minimum absolute atomic E-state index is 0.145. The Morgan fingerprint density at radius 2 is 2.28 bits per heavy atom. The number of nitrogens with one attached hydrogen (secondary N) is 1. The molecule has 0 bridgehead atoms. The van der Waals surface area contributed by atoms with Crippen molar-refractivity contribution in [2.45, 2.75) is 25.5 Å². The van der Waals surface area contributed by atoms with Gasteiger partial charge in [0.15, 0.2) is 5.82 Å². The Balaban J connectivity index is 2.57. The standard InChI is InChI=1S/C11H20N4O2S/c1-4-17-11-9(12)10(14-7-15-11)13-6-5-8(2)18(3)16/h7-8H,4-6,12H2,1-3H3,(H,13,14,15). The summed E-state index contributed by atoms with van der Waals surface area (Å²) in [6.45, 7) is 4.99. The van der Waals surface area contributed by atoms with Crippen molar-refractivity contribution in [3.63, 3.8) is 0 Å². The van der Waals surface area contributed by atoms with E-state index in [0.717, 1.165) is 6.42 Å². The van der Waals surface area contributed by atoms with Crippen LogP contribution < -0.4 is 15.8 Å². The van der Waals surface area contributed by atoms with Crippen LogP contribution in [-0.4, -0.2) is 38.8 Å². The van der Waals surface area contributed by atoms with Crippen LogP contribution in [0.2, 0.25) is 0 Å². The first-order chi connectivity index (χ1) is 8.56. The molecule has 2 unspecified atom stereocenters. The number of ether oxygens (including phenoxy) is 1. The van der Waals surface area contributed by atoms with Crippen LogP contribution in [0.15, 0.2) is 6.33 Å². The number of anilines is 2. The summed E-state index contributed by atoms with van der Waals surface area (Å²) in [6, 6.07) is 0. The molecule has 1 aromatic rings. The van der Waals surface area contributed by atoms with Crippen LogP contribution in [0.5, 0.6) is 5.88 Å². The highest BCUT2D eigenvalue weighted by Gasteiger charge is 2.10. The van der Waals surface area contributed by atoms with E-state index in [-0.39, 0.29) is 5.25 Å². The molecule has 6 nitrogen and oxygen atoms in total. The molecule has 0 aromatic carbocycles. The molecule has 2 atom stereocenters. The van der Waals surface area contributed by atoms with Crippen LogP contribution in [-0.2, 0) is 10.8 Å². The number of rotatable bonds is 7. The Morgan fingerprint density at radius 3 is 2.89 bits per heavy atom. The van der Waals surface area contributed by atoms with E-state index in [0.29, 0.717) is 30.5 Å². The van der Waals surface area contributed by atoms with Crippen LogP contribution in [0.4, 0.5) is 11.5 Å². The molecule has 0 saturated heterocycles. The summed E-state index contributed by atoms with van der Waals surface area (Å²) in [5.41, 5.74) is 6.28. The largest absolute Gasteiger partial charge is 0.476 e. The lowest BCUT2D eigenvalue weighted by atomic mass is 10.3. The number of hydrogen-bond donors (Lipinski definition) is 2. The Bertz CT molecular complexity index is 414. The molecule has 1 aromatic heterocycles. The fraction of sp³-hybridized carbons (Fsp3) is 0.636. The monoisotopic (exact) mass is 272 g/mol. The van der Waals surface area contributed by atoms with Gasteiger partial charge in [0.05, 0.1) is 6.61 Å². The van der Waals surface area contributed by atoms with Crippen molar-refractivity contribution in [3.8, 4) is 5.88 Å². The van der Waals surface area contributed by atoms with E-state index in [4.69, 9.17) is 10.5 Å². The average Bonchev–Trinajstić information content (AvgIpc) is 2.33. The van der Waals surface area contributed by atoms with Crippen LogP contribution in [0, 0.1) is 0 Å². The van der Waals surface area contributed by atoms with Gasteiger partial charge in [0, 0.05) is 28.9 Å². The third-order valence-electron chi connectivity index (χ3n) is 2.54. The molecule has 0 saturated carbocycles. The van der Waals surface area contributed by atoms with E-state index in [1.165, 1.54) is 6.33 Å². The lowest BCUT2D eigenvalue weighted by Crippen LogP contribution is -2.16. The number of nitrogens with two attached hydrogens (primary N) is 1. The molecule has 1 rings (SSSR count). The molecule has 0 aliphatic rings. The maximum Gasteiger partial charge on any atom is 0.242 e. The first kappa shape index (κ1) is 14.7. The molecule has 102 valence electrons. The third kappa shape index (κ3) is 4.14. The summed E-state index contributed by atoms with van der Waals surface area (Å²) in [6.07, 6.45) is 3.90. The van der Waals surface area contributed by atoms with Gasteiger partial charge in [-0.2, -0.15) is 4.98 Å². The summed E-state index contributed by atoms with van der Waals surface area (Å²) in [4.78, 5) is 8.01. The minimum Gasteiger partial charge on any atom is -0.476 e. The molecule has 0 spiro atoms. The highest BCUT2D eigenvalue weighted by atomic mass is 32.2. The van der Waals surface area contributed by atoms with E-state index < -0.39 is 10.8 Å². The normalized spacial score (nSPS) is 13.9. The van der Waals surface area contributed by atoms with E-state index in [9.17, 15) is 4.21 Å². The molecule has 1 heterocycles. The molecule has 0 fully saturated rings. The van der Waals surface area contributed by atoms with Crippen molar-refractivity contribution in [2.75, 3.05) is 30.5 Å². The van der Waals surface area contributed by atoms with Crippen molar-refractivity contribution in [1.82, 2.24) is 9.97 Å². The topological polar surface area (TPSA) is 90.1 Å². The van der Waals surface area contributed by atoms with Gasteiger partial charge in [0.2, 0.25) is 5.88 Å². The van der Waals surface area contributed by atoms with Gasteiger partial charge in [-0.15, -0.1) is 0 Å². The Labute approximate surface area is 110 Å². The van der Waals surface area contributed by atoms with E-state index in [1.807, 2.05) is 13.8 Å². The fourth-order valence-electron chi connectivity index (χ4n) is 1.33. The fourth-order valence-corrected chi connectivity index (χ4v) is 1.78. The molecular formula is C11H20N4O2S. The number of hydrogen-bond acceptors (Lipinski definition) is 6. The van der Waals surface area contributed by atoms with Crippen molar-refractivity contribution >= 4 is 22.3 Å². The maximum absolute atomic E-state index is 11.2. The second-order valence-electron chi connectivity index (χ2n) is 3.90. The summed E-state index contributed by atoms with van der Waals surface area (Å²) >= 11 is 0. The van der Waals surface area contributed by atoms with Crippen molar-refractivity contribution in [2.24, 2.45) is 0 Å². The Kier molecular flexibility index (Phi) is 5.84. The summed E-state index contributed by atoms with van der Waals surface area (Å²) in [5, 5.41) is 3.25. The summed E-state index contributed by atoms with van der Waals surface area (Å²) in [5.74, 6) is 0.949. The molecule has 0 radical (unpaired) electrons. The molecule has 3 N–H and O–H groups in total.